The van der Waals surface area contributed by atoms with Gasteiger partial charge in [-0.15, -0.1) is 0 Å². The first-order valence-electron chi connectivity index (χ1n) is 2.85. The van der Waals surface area contributed by atoms with Gasteiger partial charge in [-0.05, 0) is 43.5 Å². The Balaban J connectivity index is 3.25. The van der Waals surface area contributed by atoms with Crippen LogP contribution in [0, 0.1) is 0 Å². The second kappa shape index (κ2) is 4.26. The fourth-order valence-electron chi connectivity index (χ4n) is 0.669. The van der Waals surface area contributed by atoms with Crippen molar-refractivity contribution in [2.75, 3.05) is 0 Å². The topological polar surface area (TPSA) is 0 Å². The molecule has 0 N–H and O–H groups in total. The summed E-state index contributed by atoms with van der Waals surface area (Å²) in [6.45, 7) is 0. The number of benzene rings is 1. The van der Waals surface area contributed by atoms with Crippen molar-refractivity contribution < 1.29 is 0 Å². The number of halogens is 4. The molecule has 0 saturated carbocycles. The third-order valence-corrected chi connectivity index (χ3v) is 4.67. The van der Waals surface area contributed by atoms with Gasteiger partial charge in [0.1, 0.15) is 0 Å². The van der Waals surface area contributed by atoms with E-state index in [9.17, 15) is 0 Å². The summed E-state index contributed by atoms with van der Waals surface area (Å²) in [7, 11) is 0. The molecule has 1 rings (SSSR count). The molecule has 0 atom stereocenters. The van der Waals surface area contributed by atoms with Crippen LogP contribution in [0.1, 0.15) is 5.56 Å². The lowest BCUT2D eigenvalue weighted by Gasteiger charge is -2.03. The van der Waals surface area contributed by atoms with E-state index in [-0.39, 0.29) is 0 Å². The van der Waals surface area contributed by atoms with Gasteiger partial charge < -0.3 is 0 Å². The van der Waals surface area contributed by atoms with Gasteiger partial charge in [-0.1, -0.05) is 33.6 Å². The van der Waals surface area contributed by atoms with Gasteiger partial charge in [0.2, 0.25) is 0 Å². The fourth-order valence-corrected chi connectivity index (χ4v) is 2.66. The van der Waals surface area contributed by atoms with Crippen LogP contribution in [0.3, 0.4) is 0 Å². The second-order valence-electron chi connectivity index (χ2n) is 1.97. The van der Waals surface area contributed by atoms with Gasteiger partial charge in [-0.2, -0.15) is 0 Å². The predicted octanol–water partition coefficient (Wildman–Crippen LogP) is 4.76. The van der Waals surface area contributed by atoms with E-state index >= 15 is 0 Å². The Morgan fingerprint density at radius 3 is 2.36 bits per heavy atom. The van der Waals surface area contributed by atoms with Crippen LogP contribution in [0.25, 0.3) is 0 Å². The first-order valence-corrected chi connectivity index (χ1v) is 5.93. The van der Waals surface area contributed by atoms with Gasteiger partial charge >= 0.3 is 0 Å². The monoisotopic (exact) mass is 360 g/mol. The maximum absolute atomic E-state index is 5.85. The van der Waals surface area contributed by atoms with Gasteiger partial charge in [0.25, 0.3) is 0 Å². The van der Waals surface area contributed by atoms with Crippen LogP contribution in [-0.4, -0.2) is 0 Å². The lowest BCUT2D eigenvalue weighted by molar-refractivity contribution is 1.38. The Morgan fingerprint density at radius 1 is 1.18 bits per heavy atom. The Kier molecular flexibility index (Phi) is 3.89. The zero-order valence-corrected chi connectivity index (χ0v) is 10.9. The van der Waals surface area contributed by atoms with E-state index in [1.54, 1.807) is 0 Å². The molecule has 0 fully saturated rings. The molecular weight excluding hydrogens is 359 g/mol. The van der Waals surface area contributed by atoms with E-state index in [4.69, 9.17) is 11.6 Å². The van der Waals surface area contributed by atoms with Crippen LogP contribution in [0.15, 0.2) is 21.1 Å². The smallest absolute Gasteiger partial charge is 0.0559 e. The molecule has 0 nitrogen and oxygen atoms in total. The largest absolute Gasteiger partial charge is 0.0876 e. The van der Waals surface area contributed by atoms with Crippen LogP contribution >= 0.6 is 59.4 Å². The minimum Gasteiger partial charge on any atom is -0.0876 e. The van der Waals surface area contributed by atoms with Crippen molar-refractivity contribution in [3.63, 3.8) is 0 Å². The average Bonchev–Trinajstić information content (AvgIpc) is 2.01. The average molecular weight is 363 g/mol. The summed E-state index contributed by atoms with van der Waals surface area (Å²) in [4.78, 5) is 0. The van der Waals surface area contributed by atoms with Crippen molar-refractivity contribution in [3.05, 3.63) is 31.7 Å². The molecule has 0 amide bonds. The third-order valence-electron chi connectivity index (χ3n) is 1.26. The first kappa shape index (κ1) is 10.0. The molecule has 0 unspecified atom stereocenters. The molecule has 1 aromatic carbocycles. The highest BCUT2D eigenvalue weighted by molar-refractivity contribution is 9.13. The summed E-state index contributed by atoms with van der Waals surface area (Å²) < 4.78 is 1.93. The predicted molar refractivity (Wildman–Crippen MR) is 59.5 cm³/mol. The summed E-state index contributed by atoms with van der Waals surface area (Å²) in [5, 5.41) is 1.55. The minimum atomic E-state index is 0.724. The second-order valence-corrected chi connectivity index (χ2v) is 4.52. The molecule has 0 aromatic heterocycles. The standard InChI is InChI=1S/C7H4Br3Cl/c8-3-4-1-2-5(11)7(10)6(4)9/h1-2H,3H2. The quantitative estimate of drug-likeness (QED) is 0.499. The highest BCUT2D eigenvalue weighted by Crippen LogP contribution is 2.33. The molecule has 0 aliphatic heterocycles. The SMILES string of the molecule is Clc1ccc(CBr)c(Br)c1Br. The molecule has 0 bridgehead atoms. The molecule has 11 heavy (non-hydrogen) atoms. The summed E-state index contributed by atoms with van der Waals surface area (Å²) >= 11 is 16.0. The van der Waals surface area contributed by atoms with Crippen LogP contribution < -0.4 is 0 Å². The molecule has 4 heteroatoms. The van der Waals surface area contributed by atoms with Crippen LogP contribution in [0.4, 0.5) is 0 Å². The van der Waals surface area contributed by atoms with Crippen molar-refractivity contribution in [2.45, 2.75) is 5.33 Å². The van der Waals surface area contributed by atoms with E-state index in [0.29, 0.717) is 0 Å². The Labute approximate surface area is 95.7 Å². The first-order chi connectivity index (χ1) is 5.16. The van der Waals surface area contributed by atoms with Gasteiger partial charge in [0.05, 0.1) is 9.50 Å². The zero-order valence-electron chi connectivity index (χ0n) is 5.37. The summed E-state index contributed by atoms with van der Waals surface area (Å²) in [5.41, 5.74) is 1.18. The molecule has 0 spiro atoms. The van der Waals surface area contributed by atoms with Crippen molar-refractivity contribution >= 4 is 59.4 Å². The van der Waals surface area contributed by atoms with E-state index < -0.39 is 0 Å². The summed E-state index contributed by atoms with van der Waals surface area (Å²) in [5.74, 6) is 0. The molecular formula is C7H4Br3Cl. The van der Waals surface area contributed by atoms with Gasteiger partial charge in [0, 0.05) is 9.80 Å². The molecule has 0 aliphatic rings. The maximum Gasteiger partial charge on any atom is 0.0559 e. The van der Waals surface area contributed by atoms with Crippen molar-refractivity contribution in [3.8, 4) is 0 Å². The van der Waals surface area contributed by atoms with E-state index in [1.807, 2.05) is 12.1 Å². The van der Waals surface area contributed by atoms with Crippen LogP contribution in [0.2, 0.25) is 5.02 Å². The van der Waals surface area contributed by atoms with Gasteiger partial charge in [0.15, 0.2) is 0 Å². The zero-order chi connectivity index (χ0) is 8.43. The van der Waals surface area contributed by atoms with E-state index in [1.165, 1.54) is 5.56 Å². The lowest BCUT2D eigenvalue weighted by Crippen LogP contribution is -1.81. The fraction of sp³-hybridized carbons (Fsp3) is 0.143. The highest BCUT2D eigenvalue weighted by atomic mass is 79.9. The molecule has 0 heterocycles. The van der Waals surface area contributed by atoms with Crippen LogP contribution in [0.5, 0.6) is 0 Å². The number of alkyl halides is 1. The summed E-state index contributed by atoms with van der Waals surface area (Å²) in [6.07, 6.45) is 0. The number of rotatable bonds is 1. The third kappa shape index (κ3) is 2.20. The lowest BCUT2D eigenvalue weighted by atomic mass is 10.2. The van der Waals surface area contributed by atoms with Gasteiger partial charge in [-0.3, -0.25) is 0 Å². The Bertz CT molecular complexity index is 273. The maximum atomic E-state index is 5.85. The van der Waals surface area contributed by atoms with Crippen molar-refractivity contribution in [1.82, 2.24) is 0 Å². The number of hydrogen-bond donors (Lipinski definition) is 0. The molecule has 60 valence electrons. The van der Waals surface area contributed by atoms with Crippen LogP contribution in [-0.2, 0) is 5.33 Å². The van der Waals surface area contributed by atoms with E-state index in [2.05, 4.69) is 47.8 Å². The van der Waals surface area contributed by atoms with E-state index in [0.717, 1.165) is 19.3 Å². The molecule has 1 aromatic rings. The number of hydrogen-bond acceptors (Lipinski definition) is 0. The molecule has 0 radical (unpaired) electrons. The van der Waals surface area contributed by atoms with Crippen molar-refractivity contribution in [1.29, 1.82) is 0 Å². The highest BCUT2D eigenvalue weighted by Gasteiger charge is 2.05. The Morgan fingerprint density at radius 2 is 1.82 bits per heavy atom. The van der Waals surface area contributed by atoms with Gasteiger partial charge in [-0.25, -0.2) is 0 Å². The van der Waals surface area contributed by atoms with Crippen molar-refractivity contribution in [2.24, 2.45) is 0 Å². The summed E-state index contributed by atoms with van der Waals surface area (Å²) in [6, 6.07) is 3.85. The molecule has 0 saturated heterocycles. The Hall–Kier alpha value is 0.950. The minimum absolute atomic E-state index is 0.724. The normalized spacial score (nSPS) is 10.2. The molecule has 0 aliphatic carbocycles.